The van der Waals surface area contributed by atoms with Crippen LogP contribution in [-0.4, -0.2) is 19.5 Å². The van der Waals surface area contributed by atoms with Crippen molar-refractivity contribution < 1.29 is 18.3 Å². The predicted octanol–water partition coefficient (Wildman–Crippen LogP) is 3.49. The fourth-order valence-corrected chi connectivity index (χ4v) is 3.07. The minimum Gasteiger partial charge on any atom is -0.478 e. The first-order valence-corrected chi connectivity index (χ1v) is 7.85. The van der Waals surface area contributed by atoms with E-state index in [-0.39, 0.29) is 21.2 Å². The highest BCUT2D eigenvalue weighted by atomic mass is 35.5. The van der Waals surface area contributed by atoms with Crippen molar-refractivity contribution in [1.82, 2.24) is 0 Å². The van der Waals surface area contributed by atoms with E-state index in [2.05, 4.69) is 4.72 Å². The Balaban J connectivity index is 2.40. The van der Waals surface area contributed by atoms with E-state index < -0.39 is 16.0 Å². The lowest BCUT2D eigenvalue weighted by molar-refractivity contribution is 0.0697. The third-order valence-corrected chi connectivity index (χ3v) is 4.50. The number of hydrogen-bond acceptors (Lipinski definition) is 3. The molecule has 0 spiro atoms. The number of halogens is 2. The molecule has 110 valence electrons. The van der Waals surface area contributed by atoms with E-state index in [0.29, 0.717) is 5.02 Å². The van der Waals surface area contributed by atoms with Crippen molar-refractivity contribution in [3.63, 3.8) is 0 Å². The molecule has 0 heterocycles. The van der Waals surface area contributed by atoms with Crippen LogP contribution < -0.4 is 4.72 Å². The van der Waals surface area contributed by atoms with Gasteiger partial charge in [-0.05, 0) is 36.4 Å². The Hall–Kier alpha value is -1.76. The Morgan fingerprint density at radius 3 is 2.43 bits per heavy atom. The van der Waals surface area contributed by atoms with Crippen LogP contribution in [0, 0.1) is 0 Å². The number of nitrogens with one attached hydrogen (secondary N) is 1. The molecule has 0 aliphatic heterocycles. The average molecular weight is 346 g/mol. The lowest BCUT2D eigenvalue weighted by Gasteiger charge is -2.09. The molecule has 8 heteroatoms. The summed E-state index contributed by atoms with van der Waals surface area (Å²) in [7, 11) is -3.93. The number of aromatic carboxylic acids is 1. The van der Waals surface area contributed by atoms with Gasteiger partial charge in [-0.3, -0.25) is 4.72 Å². The minimum atomic E-state index is -3.93. The van der Waals surface area contributed by atoms with E-state index in [1.54, 1.807) is 12.1 Å². The maximum absolute atomic E-state index is 12.2. The molecule has 0 aromatic heterocycles. The first-order chi connectivity index (χ1) is 9.79. The van der Waals surface area contributed by atoms with Gasteiger partial charge in [0.2, 0.25) is 0 Å². The molecule has 0 unspecified atom stereocenters. The lowest BCUT2D eigenvalue weighted by Crippen LogP contribution is -2.14. The highest BCUT2D eigenvalue weighted by molar-refractivity contribution is 7.92. The SMILES string of the molecule is O=C(O)c1cc(S(=O)(=O)Nc2cccc(Cl)c2)ccc1Cl. The average Bonchev–Trinajstić information content (AvgIpc) is 2.38. The zero-order valence-corrected chi connectivity index (χ0v) is 12.7. The fraction of sp³-hybridized carbons (Fsp3) is 0. The Kier molecular flexibility index (Phi) is 4.41. The second-order valence-corrected chi connectivity index (χ2v) is 6.59. The van der Waals surface area contributed by atoms with Crippen molar-refractivity contribution in [2.24, 2.45) is 0 Å². The van der Waals surface area contributed by atoms with Crippen molar-refractivity contribution in [3.05, 3.63) is 58.1 Å². The fourth-order valence-electron chi connectivity index (χ4n) is 1.60. The molecule has 0 fully saturated rings. The van der Waals surface area contributed by atoms with Gasteiger partial charge >= 0.3 is 5.97 Å². The van der Waals surface area contributed by atoms with E-state index in [0.717, 1.165) is 6.07 Å². The van der Waals surface area contributed by atoms with Crippen LogP contribution in [0.4, 0.5) is 5.69 Å². The first kappa shape index (κ1) is 15.6. The summed E-state index contributed by atoms with van der Waals surface area (Å²) in [5.41, 5.74) is -0.0139. The number of hydrogen-bond donors (Lipinski definition) is 2. The minimum absolute atomic E-state index is 0.0378. The quantitative estimate of drug-likeness (QED) is 0.888. The van der Waals surface area contributed by atoms with Crippen LogP contribution in [0.25, 0.3) is 0 Å². The van der Waals surface area contributed by atoms with Gasteiger partial charge in [-0.2, -0.15) is 0 Å². The van der Waals surface area contributed by atoms with Crippen LogP contribution in [-0.2, 0) is 10.0 Å². The van der Waals surface area contributed by atoms with Gasteiger partial charge in [-0.15, -0.1) is 0 Å². The van der Waals surface area contributed by atoms with Crippen LogP contribution in [0.2, 0.25) is 10.0 Å². The van der Waals surface area contributed by atoms with Gasteiger partial charge in [-0.25, -0.2) is 13.2 Å². The predicted molar refractivity (Wildman–Crippen MR) is 80.7 cm³/mol. The normalized spacial score (nSPS) is 11.1. The molecule has 0 aliphatic carbocycles. The van der Waals surface area contributed by atoms with Gasteiger partial charge in [0.1, 0.15) is 0 Å². The number of rotatable bonds is 4. The highest BCUT2D eigenvalue weighted by Gasteiger charge is 2.18. The largest absolute Gasteiger partial charge is 0.478 e. The van der Waals surface area contributed by atoms with Crippen LogP contribution in [0.1, 0.15) is 10.4 Å². The van der Waals surface area contributed by atoms with Crippen molar-refractivity contribution in [3.8, 4) is 0 Å². The van der Waals surface area contributed by atoms with Crippen LogP contribution in [0.15, 0.2) is 47.4 Å². The molecule has 0 radical (unpaired) electrons. The maximum atomic E-state index is 12.2. The standard InChI is InChI=1S/C13H9Cl2NO4S/c14-8-2-1-3-9(6-8)16-21(19,20)10-4-5-12(15)11(7-10)13(17)18/h1-7,16H,(H,17,18). The molecule has 21 heavy (non-hydrogen) atoms. The molecule has 2 aromatic carbocycles. The molecule has 0 aliphatic rings. The van der Waals surface area contributed by atoms with E-state index in [1.807, 2.05) is 0 Å². The van der Waals surface area contributed by atoms with Crippen molar-refractivity contribution in [1.29, 1.82) is 0 Å². The first-order valence-electron chi connectivity index (χ1n) is 5.61. The number of carboxylic acids is 1. The Morgan fingerprint density at radius 1 is 1.10 bits per heavy atom. The summed E-state index contributed by atoms with van der Waals surface area (Å²) in [6, 6.07) is 9.59. The topological polar surface area (TPSA) is 83.5 Å². The summed E-state index contributed by atoms with van der Waals surface area (Å²) in [6.45, 7) is 0. The maximum Gasteiger partial charge on any atom is 0.337 e. The highest BCUT2D eigenvalue weighted by Crippen LogP contribution is 2.23. The molecule has 2 N–H and O–H groups in total. The number of carboxylic acid groups (broad SMARTS) is 1. The van der Waals surface area contributed by atoms with Gasteiger partial charge in [0, 0.05) is 5.02 Å². The molecule has 0 saturated heterocycles. The van der Waals surface area contributed by atoms with E-state index in [1.165, 1.54) is 24.3 Å². The van der Waals surface area contributed by atoms with Gasteiger partial charge in [0.05, 0.1) is 21.2 Å². The Labute approximate surface area is 131 Å². The summed E-state index contributed by atoms with van der Waals surface area (Å²) in [5, 5.41) is 9.30. The van der Waals surface area contributed by atoms with Crippen LogP contribution in [0.3, 0.4) is 0 Å². The Morgan fingerprint density at radius 2 is 1.81 bits per heavy atom. The van der Waals surface area contributed by atoms with Gasteiger partial charge in [0.25, 0.3) is 10.0 Å². The number of benzene rings is 2. The molecule has 0 atom stereocenters. The lowest BCUT2D eigenvalue weighted by atomic mass is 10.2. The summed E-state index contributed by atoms with van der Waals surface area (Å²) in [4.78, 5) is 10.8. The van der Waals surface area contributed by atoms with Crippen LogP contribution in [0.5, 0.6) is 0 Å². The molecule has 5 nitrogen and oxygen atoms in total. The Bertz CT molecular complexity index is 806. The monoisotopic (exact) mass is 345 g/mol. The molecule has 0 bridgehead atoms. The zero-order valence-electron chi connectivity index (χ0n) is 10.4. The third-order valence-electron chi connectivity index (χ3n) is 2.56. The summed E-state index contributed by atoms with van der Waals surface area (Å²) >= 11 is 11.5. The molecule has 2 rings (SSSR count). The van der Waals surface area contributed by atoms with Gasteiger partial charge in [0.15, 0.2) is 0 Å². The molecule has 0 amide bonds. The van der Waals surface area contributed by atoms with Crippen molar-refractivity contribution in [2.45, 2.75) is 4.90 Å². The zero-order chi connectivity index (χ0) is 15.6. The molecular formula is C13H9Cl2NO4S. The summed E-state index contributed by atoms with van der Waals surface area (Å²) in [5.74, 6) is -1.31. The van der Waals surface area contributed by atoms with Crippen LogP contribution >= 0.6 is 23.2 Å². The second kappa shape index (κ2) is 5.93. The molecule has 2 aromatic rings. The number of sulfonamides is 1. The van der Waals surface area contributed by atoms with Crippen molar-refractivity contribution >= 4 is 44.9 Å². The summed E-state index contributed by atoms with van der Waals surface area (Å²) in [6.07, 6.45) is 0. The number of carbonyl (C=O) groups is 1. The smallest absolute Gasteiger partial charge is 0.337 e. The van der Waals surface area contributed by atoms with E-state index in [4.69, 9.17) is 28.3 Å². The summed E-state index contributed by atoms with van der Waals surface area (Å²) < 4.78 is 26.7. The number of anilines is 1. The van der Waals surface area contributed by atoms with Gasteiger partial charge in [-0.1, -0.05) is 29.3 Å². The van der Waals surface area contributed by atoms with Gasteiger partial charge < -0.3 is 5.11 Å². The molecular weight excluding hydrogens is 337 g/mol. The third kappa shape index (κ3) is 3.66. The van der Waals surface area contributed by atoms with Crippen molar-refractivity contribution in [2.75, 3.05) is 4.72 Å². The molecule has 0 saturated carbocycles. The van der Waals surface area contributed by atoms with E-state index in [9.17, 15) is 13.2 Å². The van der Waals surface area contributed by atoms with E-state index >= 15 is 0 Å². The second-order valence-electron chi connectivity index (χ2n) is 4.06.